The van der Waals surface area contributed by atoms with Crippen molar-refractivity contribution in [1.29, 1.82) is 0 Å². The second-order valence-electron chi connectivity index (χ2n) is 12.7. The lowest BCUT2D eigenvalue weighted by atomic mass is 10.0. The Morgan fingerprint density at radius 3 is 2.54 bits per heavy atom. The fraction of sp³-hybridized carbons (Fsp3) is 0.378. The first-order valence-corrected chi connectivity index (χ1v) is 17.9. The van der Waals surface area contributed by atoms with Gasteiger partial charge in [-0.3, -0.25) is 14.6 Å². The van der Waals surface area contributed by atoms with E-state index in [1.807, 2.05) is 12.1 Å². The molecule has 6 rings (SSSR count). The van der Waals surface area contributed by atoms with Gasteiger partial charge in [0.2, 0.25) is 17.7 Å². The maximum atomic E-state index is 15.7. The number of ether oxygens (including phenoxy) is 2. The first-order valence-electron chi connectivity index (χ1n) is 17.1. The number of piperidine rings is 1. The van der Waals surface area contributed by atoms with E-state index in [4.69, 9.17) is 37.7 Å². The molecule has 274 valence electrons. The van der Waals surface area contributed by atoms with E-state index in [2.05, 4.69) is 31.2 Å². The summed E-state index contributed by atoms with van der Waals surface area (Å²) in [5.74, 6) is 0.0462. The lowest BCUT2D eigenvalue weighted by molar-refractivity contribution is -0.136. The third-order valence-electron chi connectivity index (χ3n) is 9.26. The van der Waals surface area contributed by atoms with Crippen molar-refractivity contribution in [3.8, 4) is 28.4 Å². The third kappa shape index (κ3) is 8.79. The number of nitrogens with one attached hydrogen (secondary N) is 4. The molecule has 1 atom stereocenters. The van der Waals surface area contributed by atoms with Crippen LogP contribution < -0.4 is 26.0 Å². The fourth-order valence-electron chi connectivity index (χ4n) is 6.42. The number of rotatable bonds is 14. The van der Waals surface area contributed by atoms with Crippen molar-refractivity contribution < 1.29 is 23.5 Å². The average molecular weight is 752 g/mol. The van der Waals surface area contributed by atoms with Gasteiger partial charge in [0.15, 0.2) is 11.6 Å². The molecule has 4 N–H and O–H groups in total. The molecule has 0 spiro atoms. The molecule has 4 aromatic rings. The Labute approximate surface area is 311 Å². The number of carbonyl (C=O) groups is 2. The lowest BCUT2D eigenvalue weighted by Gasteiger charge is -2.32. The molecule has 3 aromatic heterocycles. The number of carbonyl (C=O) groups excluding carboxylic acids is 2. The van der Waals surface area contributed by atoms with Crippen LogP contribution in [0.2, 0.25) is 10.0 Å². The number of aromatic nitrogens is 3. The van der Waals surface area contributed by atoms with Gasteiger partial charge in [0.05, 0.1) is 34.2 Å². The first-order chi connectivity index (χ1) is 25.2. The lowest BCUT2D eigenvalue weighted by Crippen LogP contribution is -2.45. The molecule has 2 aliphatic heterocycles. The van der Waals surface area contributed by atoms with Crippen molar-refractivity contribution in [3.05, 3.63) is 81.8 Å². The van der Waals surface area contributed by atoms with Gasteiger partial charge in [0.1, 0.15) is 6.61 Å². The standard InChI is InChI=1S/C37H41Cl2FN8O4/c1-51-21-31(50)48-16-12-24(13-17-48)44-19-22-10-14-43-36(34(22)40)46-29-5-3-4-27(32(29)38)35-33(39)26(11-15-42-35)28-8-6-23(37(47-28)52-2)18-41-20-25-7-9-30(49)45-25/h3-6,8,10-11,14-15,24-25,41,44H,7,9,12-13,16-21H2,1-2H3,(H,43,46)(H,45,49)/t25-/m1/s1. The van der Waals surface area contributed by atoms with Gasteiger partial charge in [-0.2, -0.15) is 0 Å². The predicted octanol–water partition coefficient (Wildman–Crippen LogP) is 5.50. The molecule has 1 aromatic carbocycles. The van der Waals surface area contributed by atoms with E-state index >= 15 is 4.39 Å². The molecule has 2 fully saturated rings. The highest BCUT2D eigenvalue weighted by Gasteiger charge is 2.24. The van der Waals surface area contributed by atoms with Crippen molar-refractivity contribution in [2.45, 2.75) is 50.9 Å². The maximum Gasteiger partial charge on any atom is 0.248 e. The quantitative estimate of drug-likeness (QED) is 0.131. The molecule has 2 amide bonds. The highest BCUT2D eigenvalue weighted by Crippen LogP contribution is 2.41. The Hall–Kier alpha value is -4.40. The topological polar surface area (TPSA) is 143 Å². The fourth-order valence-corrected chi connectivity index (χ4v) is 6.99. The van der Waals surface area contributed by atoms with Crippen LogP contribution in [0.3, 0.4) is 0 Å². The van der Waals surface area contributed by atoms with Gasteiger partial charge in [0.25, 0.3) is 0 Å². The second kappa shape index (κ2) is 17.4. The van der Waals surface area contributed by atoms with Crippen molar-refractivity contribution in [1.82, 2.24) is 35.8 Å². The van der Waals surface area contributed by atoms with Crippen LogP contribution in [0.15, 0.2) is 54.9 Å². The van der Waals surface area contributed by atoms with Crippen LogP contribution in [-0.4, -0.2) is 84.2 Å². The Kier molecular flexibility index (Phi) is 12.5. The monoisotopic (exact) mass is 750 g/mol. The number of hydrogen-bond acceptors (Lipinski definition) is 10. The van der Waals surface area contributed by atoms with Gasteiger partial charge in [-0.25, -0.2) is 14.4 Å². The van der Waals surface area contributed by atoms with Gasteiger partial charge in [-0.05, 0) is 43.5 Å². The molecule has 0 unspecified atom stereocenters. The van der Waals surface area contributed by atoms with Crippen LogP contribution in [0.4, 0.5) is 15.9 Å². The van der Waals surface area contributed by atoms with Gasteiger partial charge < -0.3 is 35.6 Å². The van der Waals surface area contributed by atoms with Crippen LogP contribution >= 0.6 is 23.2 Å². The Bertz CT molecular complexity index is 1910. The Morgan fingerprint density at radius 1 is 0.981 bits per heavy atom. The molecule has 0 bridgehead atoms. The third-order valence-corrected chi connectivity index (χ3v) is 10.1. The number of nitrogens with zero attached hydrogens (tertiary/aromatic N) is 4. The summed E-state index contributed by atoms with van der Waals surface area (Å²) in [5, 5.41) is 13.4. The van der Waals surface area contributed by atoms with Crippen LogP contribution in [-0.2, 0) is 27.4 Å². The van der Waals surface area contributed by atoms with E-state index in [9.17, 15) is 9.59 Å². The zero-order valence-corrected chi connectivity index (χ0v) is 30.5. The number of benzene rings is 1. The normalized spacial score (nSPS) is 16.2. The Balaban J connectivity index is 1.14. The smallest absolute Gasteiger partial charge is 0.248 e. The van der Waals surface area contributed by atoms with Gasteiger partial charge in [-0.15, -0.1) is 0 Å². The van der Waals surface area contributed by atoms with Gasteiger partial charge in [-0.1, -0.05) is 41.4 Å². The van der Waals surface area contributed by atoms with Crippen molar-refractivity contribution >= 4 is 46.5 Å². The largest absolute Gasteiger partial charge is 0.481 e. The van der Waals surface area contributed by atoms with Crippen molar-refractivity contribution in [3.63, 3.8) is 0 Å². The maximum absolute atomic E-state index is 15.7. The summed E-state index contributed by atoms with van der Waals surface area (Å²) in [7, 11) is 3.07. The molecule has 2 saturated heterocycles. The molecule has 15 heteroatoms. The minimum absolute atomic E-state index is 0.0218. The first kappa shape index (κ1) is 37.4. The summed E-state index contributed by atoms with van der Waals surface area (Å²) in [6.07, 6.45) is 6.08. The molecule has 0 saturated carbocycles. The molecule has 0 radical (unpaired) electrons. The van der Waals surface area contributed by atoms with E-state index in [1.54, 1.807) is 54.7 Å². The minimum Gasteiger partial charge on any atom is -0.481 e. The van der Waals surface area contributed by atoms with E-state index in [-0.39, 0.29) is 36.3 Å². The zero-order valence-electron chi connectivity index (χ0n) is 29.0. The number of pyridine rings is 3. The molecule has 5 heterocycles. The van der Waals surface area contributed by atoms with Crippen LogP contribution in [0.25, 0.3) is 22.5 Å². The number of hydrogen-bond donors (Lipinski definition) is 4. The van der Waals surface area contributed by atoms with Crippen LogP contribution in [0.1, 0.15) is 36.8 Å². The molecular weight excluding hydrogens is 710 g/mol. The molecule has 52 heavy (non-hydrogen) atoms. The second-order valence-corrected chi connectivity index (χ2v) is 13.5. The molecule has 2 aliphatic rings. The summed E-state index contributed by atoms with van der Waals surface area (Å²) in [6, 6.07) is 12.8. The van der Waals surface area contributed by atoms with Gasteiger partial charge in [0, 0.05) is 93.0 Å². The van der Waals surface area contributed by atoms with E-state index in [1.165, 1.54) is 7.11 Å². The SMILES string of the molecule is COCC(=O)N1CCC(NCc2ccnc(Nc3cccc(-c4nccc(-c5ccc(CNC[C@H]6CCC(=O)N6)c(OC)n5)c4Cl)c3Cl)c2F)CC1. The Morgan fingerprint density at radius 2 is 1.79 bits per heavy atom. The van der Waals surface area contributed by atoms with Crippen LogP contribution in [0.5, 0.6) is 5.88 Å². The summed E-state index contributed by atoms with van der Waals surface area (Å²) in [4.78, 5) is 38.9. The predicted molar refractivity (Wildman–Crippen MR) is 198 cm³/mol. The zero-order chi connectivity index (χ0) is 36.6. The number of halogens is 3. The molecule has 0 aliphatic carbocycles. The van der Waals surface area contributed by atoms with Crippen LogP contribution in [0, 0.1) is 5.82 Å². The van der Waals surface area contributed by atoms with E-state index in [0.717, 1.165) is 24.8 Å². The highest BCUT2D eigenvalue weighted by atomic mass is 35.5. The average Bonchev–Trinajstić information content (AvgIpc) is 3.58. The summed E-state index contributed by atoms with van der Waals surface area (Å²) < 4.78 is 26.3. The highest BCUT2D eigenvalue weighted by molar-refractivity contribution is 6.39. The molecular formula is C37H41Cl2FN8O4. The number of amides is 2. The molecule has 12 nitrogen and oxygen atoms in total. The number of likely N-dealkylation sites (tertiary alicyclic amines) is 1. The van der Waals surface area contributed by atoms with Gasteiger partial charge >= 0.3 is 0 Å². The number of anilines is 2. The minimum atomic E-state index is -0.494. The summed E-state index contributed by atoms with van der Waals surface area (Å²) >= 11 is 13.9. The summed E-state index contributed by atoms with van der Waals surface area (Å²) in [5.41, 5.74) is 3.93. The van der Waals surface area contributed by atoms with E-state index in [0.29, 0.717) is 88.8 Å². The van der Waals surface area contributed by atoms with Crippen molar-refractivity contribution in [2.24, 2.45) is 0 Å². The van der Waals surface area contributed by atoms with E-state index < -0.39 is 5.82 Å². The summed E-state index contributed by atoms with van der Waals surface area (Å²) in [6.45, 7) is 2.79. The van der Waals surface area contributed by atoms with Crippen molar-refractivity contribution in [2.75, 3.05) is 45.8 Å². The number of methoxy groups -OCH3 is 2.